The molecule has 0 saturated carbocycles. The van der Waals surface area contributed by atoms with Crippen molar-refractivity contribution in [2.75, 3.05) is 0 Å². The maximum absolute atomic E-state index is 10.6. The van der Waals surface area contributed by atoms with Gasteiger partial charge < -0.3 is 0 Å². The van der Waals surface area contributed by atoms with E-state index < -0.39 is 0 Å². The molecule has 1 rings (SSSR count). The van der Waals surface area contributed by atoms with Crippen LogP contribution in [0.15, 0.2) is 36.4 Å². The first-order valence-electron chi connectivity index (χ1n) is 4.56. The molecule has 0 N–H and O–H groups in total. The van der Waals surface area contributed by atoms with Gasteiger partial charge in [0.15, 0.2) is 0 Å². The van der Waals surface area contributed by atoms with Gasteiger partial charge in [0, 0.05) is 0 Å². The Morgan fingerprint density at radius 3 is 2.25 bits per heavy atom. The third-order valence-corrected chi connectivity index (χ3v) is 1.66. The minimum Gasteiger partial charge on any atom is -0.258 e. The molecule has 0 aromatic heterocycles. The first-order chi connectivity index (χ1) is 7.67. The molecule has 0 saturated heterocycles. The second-order valence-electron chi connectivity index (χ2n) is 2.70. The quantitative estimate of drug-likeness (QED) is 0.578. The zero-order valence-corrected chi connectivity index (χ0v) is 8.75. The highest BCUT2D eigenvalue weighted by Gasteiger charge is 2.11. The lowest BCUT2D eigenvalue weighted by Gasteiger charge is -1.96. The summed E-state index contributed by atoms with van der Waals surface area (Å²) in [6.07, 6.45) is 2.54. The summed E-state index contributed by atoms with van der Waals surface area (Å²) in [5, 5.41) is 10.6. The van der Waals surface area contributed by atoms with E-state index in [1.165, 1.54) is 0 Å². The van der Waals surface area contributed by atoms with E-state index in [0.29, 0.717) is 12.0 Å². The van der Waals surface area contributed by atoms with Crippen LogP contribution >= 0.6 is 0 Å². The largest absolute Gasteiger partial charge is 0.373 e. The van der Waals surface area contributed by atoms with E-state index in [2.05, 4.69) is 0 Å². The van der Waals surface area contributed by atoms with Crippen LogP contribution in [0.2, 0.25) is 0 Å². The third kappa shape index (κ3) is 4.83. The predicted octanol–water partition coefficient (Wildman–Crippen LogP) is 2.13. The van der Waals surface area contributed by atoms with E-state index in [-0.39, 0.29) is 16.8 Å². The van der Waals surface area contributed by atoms with Crippen molar-refractivity contribution in [3.05, 3.63) is 52.1 Å². The van der Waals surface area contributed by atoms with Gasteiger partial charge in [-0.2, -0.15) is 9.59 Å². The topological polar surface area (TPSA) is 77.3 Å². The Hall–Kier alpha value is -2.26. The van der Waals surface area contributed by atoms with Gasteiger partial charge in [0.1, 0.15) is 0 Å². The van der Waals surface area contributed by atoms with Crippen molar-refractivity contribution >= 4 is 11.8 Å². The van der Waals surface area contributed by atoms with Crippen LogP contribution in [0.3, 0.4) is 0 Å². The van der Waals surface area contributed by atoms with Crippen LogP contribution in [0, 0.1) is 10.1 Å². The molecule has 16 heavy (non-hydrogen) atoms. The Bertz CT molecular complexity index is 392. The Balaban J connectivity index is 0.000000673. The van der Waals surface area contributed by atoms with Crippen LogP contribution in [0.25, 0.3) is 5.70 Å². The van der Waals surface area contributed by atoms with Crippen molar-refractivity contribution in [3.8, 4) is 0 Å². The van der Waals surface area contributed by atoms with Gasteiger partial charge in [-0.05, 0) is 24.6 Å². The van der Waals surface area contributed by atoms with Crippen molar-refractivity contribution in [1.82, 2.24) is 0 Å². The van der Waals surface area contributed by atoms with E-state index in [1.807, 2.05) is 13.0 Å². The van der Waals surface area contributed by atoms with Crippen molar-refractivity contribution in [2.24, 2.45) is 0 Å². The molecule has 0 heterocycles. The maximum atomic E-state index is 10.6. The number of nitro groups is 1. The van der Waals surface area contributed by atoms with E-state index in [0.717, 1.165) is 0 Å². The van der Waals surface area contributed by atoms with Crippen LogP contribution in [0.4, 0.5) is 0 Å². The third-order valence-electron chi connectivity index (χ3n) is 1.66. The van der Waals surface area contributed by atoms with Gasteiger partial charge in [0.05, 0.1) is 10.5 Å². The molecule has 0 amide bonds. The first kappa shape index (κ1) is 13.7. The smallest absolute Gasteiger partial charge is 0.258 e. The average Bonchev–Trinajstić information content (AvgIpc) is 2.28. The van der Waals surface area contributed by atoms with Crippen LogP contribution in [0.1, 0.15) is 18.9 Å². The molecule has 5 nitrogen and oxygen atoms in total. The number of carbonyl (C=O) groups excluding carboxylic acids is 2. The van der Waals surface area contributed by atoms with E-state index >= 15 is 0 Å². The second-order valence-corrected chi connectivity index (χ2v) is 2.70. The summed E-state index contributed by atoms with van der Waals surface area (Å²) in [4.78, 5) is 26.5. The molecule has 0 bridgehead atoms. The lowest BCUT2D eigenvalue weighted by molar-refractivity contribution is -0.375. The van der Waals surface area contributed by atoms with Gasteiger partial charge in [-0.3, -0.25) is 10.1 Å². The Kier molecular flexibility index (Phi) is 6.94. The predicted molar refractivity (Wildman–Crippen MR) is 56.7 cm³/mol. The highest BCUT2D eigenvalue weighted by Crippen LogP contribution is 2.14. The van der Waals surface area contributed by atoms with Crippen LogP contribution in [-0.2, 0) is 9.59 Å². The Morgan fingerprint density at radius 1 is 1.38 bits per heavy atom. The number of allylic oxidation sites excluding steroid dienone is 1. The number of nitrogens with zero attached hydrogens (tertiary/aromatic N) is 1. The first-order valence-corrected chi connectivity index (χ1v) is 4.56. The molecule has 0 atom stereocenters. The lowest BCUT2D eigenvalue weighted by atomic mass is 10.1. The second kappa shape index (κ2) is 8.08. The summed E-state index contributed by atoms with van der Waals surface area (Å²) in [7, 11) is 0. The molecule has 0 unspecified atom stereocenters. The van der Waals surface area contributed by atoms with Crippen molar-refractivity contribution < 1.29 is 14.5 Å². The molecule has 0 spiro atoms. The molecular formula is C11H11NO4. The van der Waals surface area contributed by atoms with Crippen molar-refractivity contribution in [3.63, 3.8) is 0 Å². The molecule has 0 aliphatic carbocycles. The van der Waals surface area contributed by atoms with Crippen LogP contribution in [-0.4, -0.2) is 11.1 Å². The Labute approximate surface area is 92.5 Å². The lowest BCUT2D eigenvalue weighted by Crippen LogP contribution is -1.97. The van der Waals surface area contributed by atoms with Gasteiger partial charge in [-0.1, -0.05) is 25.1 Å². The monoisotopic (exact) mass is 221 g/mol. The summed E-state index contributed by atoms with van der Waals surface area (Å²) in [6, 6.07) is 8.91. The zero-order valence-electron chi connectivity index (χ0n) is 8.75. The Morgan fingerprint density at radius 2 is 1.88 bits per heavy atom. The minimum absolute atomic E-state index is 0.183. The summed E-state index contributed by atoms with van der Waals surface area (Å²) < 4.78 is 0. The van der Waals surface area contributed by atoms with Gasteiger partial charge in [0.25, 0.3) is 5.70 Å². The van der Waals surface area contributed by atoms with Crippen molar-refractivity contribution in [2.45, 2.75) is 13.3 Å². The standard InChI is InChI=1S/C10H11NO2.CO2/c1-2-6-10(11(12)13)9-7-4-3-5-8-9;2-1-3/h3-8H,2H2,1H3;. The molecule has 0 fully saturated rings. The SMILES string of the molecule is CCC=C(c1ccccc1)[N+](=O)[O-].O=C=O. The summed E-state index contributed by atoms with van der Waals surface area (Å²) in [6.45, 7) is 1.88. The van der Waals surface area contributed by atoms with Crippen LogP contribution in [0.5, 0.6) is 0 Å². The van der Waals surface area contributed by atoms with Crippen LogP contribution < -0.4 is 0 Å². The van der Waals surface area contributed by atoms with Crippen molar-refractivity contribution in [1.29, 1.82) is 0 Å². The van der Waals surface area contributed by atoms with Gasteiger partial charge in [-0.25, -0.2) is 0 Å². The van der Waals surface area contributed by atoms with Gasteiger partial charge >= 0.3 is 6.15 Å². The highest BCUT2D eigenvalue weighted by atomic mass is 16.6. The van der Waals surface area contributed by atoms with Gasteiger partial charge in [-0.15, -0.1) is 0 Å². The minimum atomic E-state index is -0.348. The average molecular weight is 221 g/mol. The fourth-order valence-corrected chi connectivity index (χ4v) is 1.10. The zero-order chi connectivity index (χ0) is 12.4. The van der Waals surface area contributed by atoms with E-state index in [4.69, 9.17) is 9.59 Å². The number of hydrogen-bond acceptors (Lipinski definition) is 4. The molecule has 5 heteroatoms. The van der Waals surface area contributed by atoms with Gasteiger partial charge in [0.2, 0.25) is 0 Å². The fourth-order valence-electron chi connectivity index (χ4n) is 1.10. The maximum Gasteiger partial charge on any atom is 0.373 e. The summed E-state index contributed by atoms with van der Waals surface area (Å²) in [5.41, 5.74) is 0.845. The molecule has 1 aromatic rings. The fraction of sp³-hybridized carbons (Fsp3) is 0.182. The van der Waals surface area contributed by atoms with E-state index in [1.54, 1.807) is 30.3 Å². The molecule has 0 aliphatic rings. The normalized spacial score (nSPS) is 9.69. The molecule has 0 aliphatic heterocycles. The molecule has 0 radical (unpaired) electrons. The number of benzene rings is 1. The molecule has 84 valence electrons. The number of hydrogen-bond donors (Lipinski definition) is 0. The summed E-state index contributed by atoms with van der Waals surface area (Å²) in [5.74, 6) is 0. The van der Waals surface area contributed by atoms with E-state index in [9.17, 15) is 10.1 Å². The summed E-state index contributed by atoms with van der Waals surface area (Å²) >= 11 is 0. The number of rotatable bonds is 3. The highest BCUT2D eigenvalue weighted by molar-refractivity contribution is 5.58. The molecule has 1 aromatic carbocycles. The molecular weight excluding hydrogens is 210 g/mol.